The van der Waals surface area contributed by atoms with Crippen LogP contribution in [0.2, 0.25) is 0 Å². The van der Waals surface area contributed by atoms with Crippen LogP contribution in [0, 0.1) is 5.92 Å². The van der Waals surface area contributed by atoms with Crippen LogP contribution in [0.1, 0.15) is 68.3 Å². The van der Waals surface area contributed by atoms with Gasteiger partial charge in [0.25, 0.3) is 15.9 Å². The number of sulfonamides is 1. The van der Waals surface area contributed by atoms with Gasteiger partial charge in [0.1, 0.15) is 11.6 Å². The first-order chi connectivity index (χ1) is 18.9. The topological polar surface area (TPSA) is 122 Å². The summed E-state index contributed by atoms with van der Waals surface area (Å²) in [5, 5.41) is 6.93. The van der Waals surface area contributed by atoms with Crippen LogP contribution in [0.25, 0.3) is 11.0 Å². The van der Waals surface area contributed by atoms with Gasteiger partial charge in [-0.2, -0.15) is 4.31 Å². The number of carbonyl (C=O) groups excluding carboxylic acids is 2. The molecular formula is C29H36N4O5S. The van der Waals surface area contributed by atoms with E-state index in [4.69, 9.17) is 4.42 Å². The molecule has 2 aliphatic rings. The first kappa shape index (κ1) is 27.3. The zero-order valence-electron chi connectivity index (χ0n) is 22.1. The summed E-state index contributed by atoms with van der Waals surface area (Å²) >= 11 is 0. The lowest BCUT2D eigenvalue weighted by atomic mass is 9.84. The van der Waals surface area contributed by atoms with Gasteiger partial charge < -0.3 is 15.1 Å². The molecule has 208 valence electrons. The summed E-state index contributed by atoms with van der Waals surface area (Å²) in [7, 11) is -3.69. The monoisotopic (exact) mass is 552 g/mol. The van der Waals surface area contributed by atoms with Crippen molar-refractivity contribution in [3.05, 3.63) is 60.5 Å². The van der Waals surface area contributed by atoms with Gasteiger partial charge >= 0.3 is 0 Å². The molecule has 5 rings (SSSR count). The van der Waals surface area contributed by atoms with Gasteiger partial charge in [0.2, 0.25) is 5.91 Å². The highest BCUT2D eigenvalue weighted by atomic mass is 32.2. The van der Waals surface area contributed by atoms with Gasteiger partial charge in [0.05, 0.1) is 0 Å². The largest absolute Gasteiger partial charge is 0.451 e. The average Bonchev–Trinajstić information content (AvgIpc) is 3.26. The smallest absolute Gasteiger partial charge is 0.287 e. The van der Waals surface area contributed by atoms with Gasteiger partial charge in [0, 0.05) is 30.7 Å². The van der Waals surface area contributed by atoms with E-state index in [-0.39, 0.29) is 22.7 Å². The molecule has 1 aliphatic heterocycles. The predicted octanol–water partition coefficient (Wildman–Crippen LogP) is 4.26. The van der Waals surface area contributed by atoms with Crippen molar-refractivity contribution in [2.24, 2.45) is 5.92 Å². The van der Waals surface area contributed by atoms with Gasteiger partial charge in [-0.1, -0.05) is 56.4 Å². The van der Waals surface area contributed by atoms with E-state index in [0.717, 1.165) is 31.1 Å². The molecule has 0 bridgehead atoms. The highest BCUT2D eigenvalue weighted by Crippen LogP contribution is 2.28. The number of furan rings is 1. The Morgan fingerprint density at radius 3 is 2.54 bits per heavy atom. The Balaban J connectivity index is 1.25. The van der Waals surface area contributed by atoms with Gasteiger partial charge in [-0.25, -0.2) is 13.4 Å². The Kier molecular flexibility index (Phi) is 8.62. The molecule has 3 heterocycles. The molecule has 39 heavy (non-hydrogen) atoms. The van der Waals surface area contributed by atoms with Crippen LogP contribution in [0.4, 0.5) is 0 Å². The Morgan fingerprint density at radius 2 is 1.77 bits per heavy atom. The summed E-state index contributed by atoms with van der Waals surface area (Å²) in [6, 6.07) is 13.1. The van der Waals surface area contributed by atoms with E-state index in [1.165, 1.54) is 23.0 Å². The van der Waals surface area contributed by atoms with Gasteiger partial charge in [-0.05, 0) is 55.9 Å². The first-order valence-corrected chi connectivity index (χ1v) is 15.3. The number of carbonyl (C=O) groups is 2. The van der Waals surface area contributed by atoms with Gasteiger partial charge in [-0.15, -0.1) is 0 Å². The second-order valence-electron chi connectivity index (χ2n) is 10.6. The minimum atomic E-state index is -3.69. The van der Waals surface area contributed by atoms with E-state index in [9.17, 15) is 18.0 Å². The number of rotatable bonds is 8. The molecule has 0 radical (unpaired) electrons. The molecule has 2 aromatic heterocycles. The maximum atomic E-state index is 13.5. The van der Waals surface area contributed by atoms with Crippen LogP contribution in [-0.4, -0.2) is 54.7 Å². The van der Waals surface area contributed by atoms with E-state index in [1.807, 2.05) is 24.3 Å². The lowest BCUT2D eigenvalue weighted by Crippen LogP contribution is -2.50. The van der Waals surface area contributed by atoms with Crippen molar-refractivity contribution in [1.29, 1.82) is 0 Å². The van der Waals surface area contributed by atoms with Gasteiger partial charge in [-0.3, -0.25) is 9.59 Å². The molecule has 10 heteroatoms. The second-order valence-corrected chi connectivity index (χ2v) is 12.5. The number of nitrogens with one attached hydrogen (secondary N) is 2. The number of pyridine rings is 1. The van der Waals surface area contributed by atoms with Crippen LogP contribution >= 0.6 is 0 Å². The standard InChI is InChI=1S/C29H36N4O5S/c34-28(31-23-12-8-17-33(18-15-23)39(36,37)27-14-6-7-16-30-27)24(19-21-9-2-1-3-10-21)32-29(35)26-20-22-11-4-5-13-25(22)38-26/h4-7,11,13-14,16,20-21,23-24H,1-3,8-10,12,15,17-19H2,(H,31,34)(H,32,35)/t23-,24-/m0/s1. The third kappa shape index (κ3) is 6.67. The molecular weight excluding hydrogens is 516 g/mol. The summed E-state index contributed by atoms with van der Waals surface area (Å²) < 4.78 is 33.3. The normalized spacial score (nSPS) is 20.3. The minimum absolute atomic E-state index is 0.0355. The van der Waals surface area contributed by atoms with E-state index in [0.29, 0.717) is 50.3 Å². The number of hydrogen-bond acceptors (Lipinski definition) is 6. The maximum Gasteiger partial charge on any atom is 0.287 e. The van der Waals surface area contributed by atoms with Crippen molar-refractivity contribution < 1.29 is 22.4 Å². The van der Waals surface area contributed by atoms with Crippen LogP contribution < -0.4 is 10.6 Å². The number of aromatic nitrogens is 1. The Labute approximate surface area is 229 Å². The first-order valence-electron chi connectivity index (χ1n) is 13.9. The Bertz CT molecular complexity index is 1350. The van der Waals surface area contributed by atoms with Crippen molar-refractivity contribution in [3.8, 4) is 0 Å². The number of para-hydroxylation sites is 1. The molecule has 1 aromatic carbocycles. The van der Waals surface area contributed by atoms with E-state index < -0.39 is 22.0 Å². The predicted molar refractivity (Wildman–Crippen MR) is 147 cm³/mol. The summed E-state index contributed by atoms with van der Waals surface area (Å²) in [5.74, 6) is -0.0761. The van der Waals surface area contributed by atoms with E-state index in [1.54, 1.807) is 18.2 Å². The molecule has 2 atom stereocenters. The molecule has 3 aromatic rings. The second kappa shape index (κ2) is 12.3. The number of fused-ring (bicyclic) bond motifs is 1. The molecule has 9 nitrogen and oxygen atoms in total. The molecule has 1 saturated carbocycles. The van der Waals surface area contributed by atoms with Crippen molar-refractivity contribution in [3.63, 3.8) is 0 Å². The lowest BCUT2D eigenvalue weighted by Gasteiger charge is -2.28. The van der Waals surface area contributed by atoms with Crippen LogP contribution in [0.5, 0.6) is 0 Å². The van der Waals surface area contributed by atoms with Crippen LogP contribution in [0.15, 0.2) is 64.2 Å². The number of nitrogens with zero attached hydrogens (tertiary/aromatic N) is 2. The Hall–Kier alpha value is -3.24. The van der Waals surface area contributed by atoms with Crippen molar-refractivity contribution in [2.75, 3.05) is 13.1 Å². The molecule has 0 unspecified atom stereocenters. The van der Waals surface area contributed by atoms with Gasteiger partial charge in [0.15, 0.2) is 10.8 Å². The number of amides is 2. The van der Waals surface area contributed by atoms with Crippen LogP contribution in [0.3, 0.4) is 0 Å². The van der Waals surface area contributed by atoms with Crippen LogP contribution in [-0.2, 0) is 14.8 Å². The fraction of sp³-hybridized carbons (Fsp3) is 0.483. The molecule has 2 amide bonds. The van der Waals surface area contributed by atoms with Crippen molar-refractivity contribution in [1.82, 2.24) is 19.9 Å². The van der Waals surface area contributed by atoms with Crippen molar-refractivity contribution in [2.45, 2.75) is 74.9 Å². The summed E-state index contributed by atoms with van der Waals surface area (Å²) in [5.41, 5.74) is 0.625. The fourth-order valence-electron chi connectivity index (χ4n) is 5.70. The minimum Gasteiger partial charge on any atom is -0.451 e. The quantitative estimate of drug-likeness (QED) is 0.431. The number of hydrogen-bond donors (Lipinski definition) is 2. The molecule has 1 saturated heterocycles. The van der Waals surface area contributed by atoms with Crippen molar-refractivity contribution >= 4 is 32.8 Å². The zero-order valence-corrected chi connectivity index (χ0v) is 22.9. The molecule has 2 fully saturated rings. The molecule has 1 aliphatic carbocycles. The highest BCUT2D eigenvalue weighted by Gasteiger charge is 2.32. The lowest BCUT2D eigenvalue weighted by molar-refractivity contribution is -0.124. The summed E-state index contributed by atoms with van der Waals surface area (Å²) in [4.78, 5) is 30.7. The summed E-state index contributed by atoms with van der Waals surface area (Å²) in [6.45, 7) is 0.669. The highest BCUT2D eigenvalue weighted by molar-refractivity contribution is 7.89. The molecule has 2 N–H and O–H groups in total. The fourth-order valence-corrected chi connectivity index (χ4v) is 7.12. The van der Waals surface area contributed by atoms with E-state index >= 15 is 0 Å². The number of benzene rings is 1. The average molecular weight is 553 g/mol. The third-order valence-corrected chi connectivity index (χ3v) is 9.66. The van der Waals surface area contributed by atoms with E-state index in [2.05, 4.69) is 15.6 Å². The molecule has 0 spiro atoms. The third-order valence-electron chi connectivity index (χ3n) is 7.84. The Morgan fingerprint density at radius 1 is 0.974 bits per heavy atom. The summed E-state index contributed by atoms with van der Waals surface area (Å²) in [6.07, 6.45) is 9.40. The maximum absolute atomic E-state index is 13.5. The zero-order chi connectivity index (χ0) is 27.2. The SMILES string of the molecule is O=C(N[C@@H](CC1CCCCC1)C(=O)N[C@H]1CCCN(S(=O)(=O)c2ccccn2)CC1)c1cc2ccccc2o1.